The van der Waals surface area contributed by atoms with E-state index in [0.29, 0.717) is 18.4 Å². The zero-order valence-electron chi connectivity index (χ0n) is 7.63. The molecule has 0 aromatic heterocycles. The third kappa shape index (κ3) is 1.59. The Kier molecular flexibility index (Phi) is 2.31. The van der Waals surface area contributed by atoms with Crippen molar-refractivity contribution in [2.45, 2.75) is 19.3 Å². The smallest absolute Gasteiger partial charge is 0.0465 e. The Labute approximate surface area is 83.3 Å². The van der Waals surface area contributed by atoms with Crippen LogP contribution in [0, 0.1) is 12.8 Å². The molecule has 1 aromatic rings. The first-order valence-corrected chi connectivity index (χ1v) is 4.97. The van der Waals surface area contributed by atoms with Crippen molar-refractivity contribution in [3.05, 3.63) is 34.3 Å². The molecular formula is C11H13ClO. The first-order valence-electron chi connectivity index (χ1n) is 4.60. The first kappa shape index (κ1) is 9.04. The monoisotopic (exact) mass is 196 g/mol. The molecule has 0 amide bonds. The summed E-state index contributed by atoms with van der Waals surface area (Å²) in [6.07, 6.45) is 1.11. The standard InChI is InChI=1S/C11H13ClO/c1-7-9(3-2-4-11(7)12)10-5-8(10)6-13/h2-4,8,10,13H,5-6H2,1H3/t8-,10?/m1/s1. The molecule has 1 fully saturated rings. The van der Waals surface area contributed by atoms with Crippen LogP contribution in [0.1, 0.15) is 23.5 Å². The predicted molar refractivity (Wildman–Crippen MR) is 54.1 cm³/mol. The van der Waals surface area contributed by atoms with Crippen molar-refractivity contribution in [2.75, 3.05) is 6.61 Å². The fourth-order valence-corrected chi connectivity index (χ4v) is 2.04. The maximum atomic E-state index is 8.96. The lowest BCUT2D eigenvalue weighted by Crippen LogP contribution is -1.91. The zero-order chi connectivity index (χ0) is 9.42. The van der Waals surface area contributed by atoms with E-state index in [4.69, 9.17) is 16.7 Å². The van der Waals surface area contributed by atoms with Gasteiger partial charge in [0, 0.05) is 11.6 Å². The van der Waals surface area contributed by atoms with Crippen LogP contribution in [0.2, 0.25) is 5.02 Å². The van der Waals surface area contributed by atoms with E-state index >= 15 is 0 Å². The molecule has 1 nitrogen and oxygen atoms in total. The number of aliphatic hydroxyl groups excluding tert-OH is 1. The van der Waals surface area contributed by atoms with Gasteiger partial charge in [-0.25, -0.2) is 0 Å². The number of hydrogen-bond donors (Lipinski definition) is 1. The highest BCUT2D eigenvalue weighted by molar-refractivity contribution is 6.31. The molecule has 0 heterocycles. The van der Waals surface area contributed by atoms with Crippen molar-refractivity contribution >= 4 is 11.6 Å². The summed E-state index contributed by atoms with van der Waals surface area (Å²) in [5.74, 6) is 1.01. The SMILES string of the molecule is Cc1c(Cl)cccc1C1C[C@@H]1CO. The molecule has 0 aliphatic heterocycles. The second kappa shape index (κ2) is 3.32. The van der Waals surface area contributed by atoms with Gasteiger partial charge in [0.05, 0.1) is 0 Å². The van der Waals surface area contributed by atoms with Gasteiger partial charge in [0.15, 0.2) is 0 Å². The summed E-state index contributed by atoms with van der Waals surface area (Å²) in [6, 6.07) is 6.01. The number of aliphatic hydroxyl groups is 1. The van der Waals surface area contributed by atoms with Crippen LogP contribution < -0.4 is 0 Å². The minimum Gasteiger partial charge on any atom is -0.396 e. The van der Waals surface area contributed by atoms with Gasteiger partial charge < -0.3 is 5.11 Å². The molecule has 2 rings (SSSR count). The van der Waals surface area contributed by atoms with Crippen molar-refractivity contribution in [1.29, 1.82) is 0 Å². The van der Waals surface area contributed by atoms with Crippen molar-refractivity contribution in [1.82, 2.24) is 0 Å². The molecule has 2 heteroatoms. The third-order valence-electron chi connectivity index (χ3n) is 2.87. The van der Waals surface area contributed by atoms with E-state index in [1.165, 1.54) is 11.1 Å². The normalized spacial score (nSPS) is 26.1. The van der Waals surface area contributed by atoms with Crippen LogP contribution in [-0.2, 0) is 0 Å². The molecule has 1 unspecified atom stereocenters. The van der Waals surface area contributed by atoms with Crippen molar-refractivity contribution in [2.24, 2.45) is 5.92 Å². The number of rotatable bonds is 2. The maximum absolute atomic E-state index is 8.96. The summed E-state index contributed by atoms with van der Waals surface area (Å²) in [5, 5.41) is 9.80. The highest BCUT2D eigenvalue weighted by Crippen LogP contribution is 2.48. The fourth-order valence-electron chi connectivity index (χ4n) is 1.86. The van der Waals surface area contributed by atoms with E-state index < -0.39 is 0 Å². The van der Waals surface area contributed by atoms with Crippen LogP contribution >= 0.6 is 11.6 Å². The Morgan fingerprint density at radius 1 is 1.54 bits per heavy atom. The van der Waals surface area contributed by atoms with E-state index in [-0.39, 0.29) is 0 Å². The maximum Gasteiger partial charge on any atom is 0.0465 e. The summed E-state index contributed by atoms with van der Waals surface area (Å²) in [7, 11) is 0. The molecule has 1 saturated carbocycles. The molecule has 1 N–H and O–H groups in total. The Hall–Kier alpha value is -0.530. The Bertz CT molecular complexity index is 322. The van der Waals surface area contributed by atoms with Gasteiger partial charge in [0.1, 0.15) is 0 Å². The van der Waals surface area contributed by atoms with Gasteiger partial charge in [-0.2, -0.15) is 0 Å². The average Bonchev–Trinajstić information content (AvgIpc) is 2.89. The number of benzene rings is 1. The van der Waals surface area contributed by atoms with Gasteiger partial charge in [-0.15, -0.1) is 0 Å². The second-order valence-corrected chi connectivity index (χ2v) is 4.15. The molecule has 1 aromatic carbocycles. The summed E-state index contributed by atoms with van der Waals surface area (Å²) < 4.78 is 0. The number of hydrogen-bond acceptors (Lipinski definition) is 1. The lowest BCUT2D eigenvalue weighted by molar-refractivity contribution is 0.274. The molecule has 2 atom stereocenters. The third-order valence-corrected chi connectivity index (χ3v) is 3.28. The van der Waals surface area contributed by atoms with Gasteiger partial charge in [0.2, 0.25) is 0 Å². The van der Waals surface area contributed by atoms with Crippen LogP contribution in [0.25, 0.3) is 0 Å². The lowest BCUT2D eigenvalue weighted by Gasteiger charge is -2.05. The highest BCUT2D eigenvalue weighted by atomic mass is 35.5. The Morgan fingerprint density at radius 3 is 2.92 bits per heavy atom. The molecule has 0 spiro atoms. The summed E-state index contributed by atoms with van der Waals surface area (Å²) in [4.78, 5) is 0. The van der Waals surface area contributed by atoms with Crippen LogP contribution in [-0.4, -0.2) is 11.7 Å². The number of halogens is 1. The molecule has 1 aliphatic rings. The minimum atomic E-state index is 0.302. The van der Waals surface area contributed by atoms with Crippen molar-refractivity contribution < 1.29 is 5.11 Å². The molecule has 0 radical (unpaired) electrons. The quantitative estimate of drug-likeness (QED) is 0.771. The molecule has 13 heavy (non-hydrogen) atoms. The Balaban J connectivity index is 2.27. The topological polar surface area (TPSA) is 20.2 Å². The summed E-state index contributed by atoms with van der Waals surface area (Å²) in [5.41, 5.74) is 2.48. The van der Waals surface area contributed by atoms with Crippen LogP contribution in [0.4, 0.5) is 0 Å². The first-order chi connectivity index (χ1) is 6.24. The van der Waals surface area contributed by atoms with Gasteiger partial charge in [-0.05, 0) is 42.4 Å². The van der Waals surface area contributed by atoms with Gasteiger partial charge in [-0.1, -0.05) is 23.7 Å². The van der Waals surface area contributed by atoms with Crippen molar-refractivity contribution in [3.63, 3.8) is 0 Å². The molecule has 0 bridgehead atoms. The molecular weight excluding hydrogens is 184 g/mol. The van der Waals surface area contributed by atoms with E-state index in [9.17, 15) is 0 Å². The largest absolute Gasteiger partial charge is 0.396 e. The minimum absolute atomic E-state index is 0.302. The average molecular weight is 197 g/mol. The van der Waals surface area contributed by atoms with E-state index in [0.717, 1.165) is 11.4 Å². The molecule has 0 saturated heterocycles. The van der Waals surface area contributed by atoms with Crippen LogP contribution in [0.15, 0.2) is 18.2 Å². The van der Waals surface area contributed by atoms with Crippen LogP contribution in [0.3, 0.4) is 0 Å². The van der Waals surface area contributed by atoms with Gasteiger partial charge >= 0.3 is 0 Å². The second-order valence-electron chi connectivity index (χ2n) is 3.74. The van der Waals surface area contributed by atoms with Crippen LogP contribution in [0.5, 0.6) is 0 Å². The molecule has 70 valence electrons. The van der Waals surface area contributed by atoms with E-state index in [1.807, 2.05) is 19.1 Å². The molecule has 1 aliphatic carbocycles. The zero-order valence-corrected chi connectivity index (χ0v) is 8.38. The van der Waals surface area contributed by atoms with E-state index in [1.54, 1.807) is 0 Å². The highest BCUT2D eigenvalue weighted by Gasteiger charge is 2.38. The van der Waals surface area contributed by atoms with Crippen molar-refractivity contribution in [3.8, 4) is 0 Å². The van der Waals surface area contributed by atoms with Gasteiger partial charge in [0.25, 0.3) is 0 Å². The summed E-state index contributed by atoms with van der Waals surface area (Å²) in [6.45, 7) is 2.35. The fraction of sp³-hybridized carbons (Fsp3) is 0.455. The summed E-state index contributed by atoms with van der Waals surface area (Å²) >= 11 is 6.01. The lowest BCUT2D eigenvalue weighted by atomic mass is 10.0. The predicted octanol–water partition coefficient (Wildman–Crippen LogP) is 2.74. The van der Waals surface area contributed by atoms with E-state index in [2.05, 4.69) is 6.07 Å². The Morgan fingerprint density at radius 2 is 2.31 bits per heavy atom. The van der Waals surface area contributed by atoms with Gasteiger partial charge in [-0.3, -0.25) is 0 Å².